The summed E-state index contributed by atoms with van der Waals surface area (Å²) < 4.78 is 0. The number of nitrogens with two attached hydrogens (primary N) is 1. The van der Waals surface area contributed by atoms with Gasteiger partial charge < -0.3 is 10.6 Å². The summed E-state index contributed by atoms with van der Waals surface area (Å²) in [6.45, 7) is 4.15. The molecular weight excluding hydrogens is 244 g/mol. The Morgan fingerprint density at radius 2 is 1.95 bits per heavy atom. The third-order valence-corrected chi connectivity index (χ3v) is 4.12. The summed E-state index contributed by atoms with van der Waals surface area (Å²) >= 11 is 0. The molecule has 0 saturated carbocycles. The van der Waals surface area contributed by atoms with Crippen LogP contribution >= 0.6 is 0 Å². The Morgan fingerprint density at radius 1 is 1.10 bits per heavy atom. The molecule has 2 nitrogen and oxygen atoms in total. The number of anilines is 2. The molecule has 0 aromatic heterocycles. The van der Waals surface area contributed by atoms with Gasteiger partial charge in [0.15, 0.2) is 0 Å². The molecule has 0 bridgehead atoms. The SMILES string of the molecule is Cc1ccc(N)c(CN2CCCCc3ccccc32)c1. The molecule has 1 aliphatic heterocycles. The molecule has 2 aromatic carbocycles. The van der Waals surface area contributed by atoms with E-state index in [4.69, 9.17) is 5.73 Å². The van der Waals surface area contributed by atoms with Crippen LogP contribution in [0.2, 0.25) is 0 Å². The second-order valence-corrected chi connectivity index (χ2v) is 5.71. The highest BCUT2D eigenvalue weighted by Gasteiger charge is 2.15. The Morgan fingerprint density at radius 3 is 2.85 bits per heavy atom. The van der Waals surface area contributed by atoms with Gasteiger partial charge in [-0.2, -0.15) is 0 Å². The van der Waals surface area contributed by atoms with Crippen LogP contribution in [0.25, 0.3) is 0 Å². The molecule has 1 heterocycles. The number of rotatable bonds is 2. The number of hydrogen-bond donors (Lipinski definition) is 1. The zero-order valence-corrected chi connectivity index (χ0v) is 12.1. The molecule has 0 fully saturated rings. The van der Waals surface area contributed by atoms with E-state index in [-0.39, 0.29) is 0 Å². The Labute approximate surface area is 121 Å². The third-order valence-electron chi connectivity index (χ3n) is 4.12. The van der Waals surface area contributed by atoms with Crippen molar-refractivity contribution in [2.45, 2.75) is 32.7 Å². The fraction of sp³-hybridized carbons (Fsp3) is 0.333. The van der Waals surface area contributed by atoms with Gasteiger partial charge in [-0.3, -0.25) is 0 Å². The van der Waals surface area contributed by atoms with E-state index in [0.717, 1.165) is 18.8 Å². The molecule has 0 aliphatic carbocycles. The maximum Gasteiger partial charge on any atom is 0.0450 e. The van der Waals surface area contributed by atoms with E-state index in [9.17, 15) is 0 Å². The van der Waals surface area contributed by atoms with Crippen molar-refractivity contribution in [3.05, 3.63) is 59.2 Å². The van der Waals surface area contributed by atoms with Crippen LogP contribution in [0, 0.1) is 6.92 Å². The van der Waals surface area contributed by atoms with Gasteiger partial charge in [-0.1, -0.05) is 35.9 Å². The molecule has 0 radical (unpaired) electrons. The summed E-state index contributed by atoms with van der Waals surface area (Å²) in [4.78, 5) is 2.48. The van der Waals surface area contributed by atoms with Crippen molar-refractivity contribution in [1.82, 2.24) is 0 Å². The van der Waals surface area contributed by atoms with Gasteiger partial charge in [-0.05, 0) is 49.4 Å². The van der Waals surface area contributed by atoms with E-state index >= 15 is 0 Å². The first-order valence-corrected chi connectivity index (χ1v) is 7.42. The fourth-order valence-electron chi connectivity index (χ4n) is 3.01. The number of nitrogen functional groups attached to an aromatic ring is 1. The van der Waals surface area contributed by atoms with Crippen LogP contribution in [-0.4, -0.2) is 6.54 Å². The van der Waals surface area contributed by atoms with Crippen LogP contribution in [0.3, 0.4) is 0 Å². The van der Waals surface area contributed by atoms with Gasteiger partial charge in [0.25, 0.3) is 0 Å². The highest BCUT2D eigenvalue weighted by atomic mass is 15.1. The molecule has 2 heteroatoms. The molecule has 0 saturated heterocycles. The zero-order valence-electron chi connectivity index (χ0n) is 12.1. The molecule has 0 atom stereocenters. The lowest BCUT2D eigenvalue weighted by Crippen LogP contribution is -2.24. The monoisotopic (exact) mass is 266 g/mol. The predicted octanol–water partition coefficient (Wildman–Crippen LogP) is 3.92. The molecule has 0 unspecified atom stereocenters. The number of para-hydroxylation sites is 1. The van der Waals surface area contributed by atoms with Crippen molar-refractivity contribution in [2.75, 3.05) is 17.2 Å². The van der Waals surface area contributed by atoms with Crippen LogP contribution in [0.4, 0.5) is 11.4 Å². The zero-order chi connectivity index (χ0) is 13.9. The van der Waals surface area contributed by atoms with Gasteiger partial charge in [0.05, 0.1) is 0 Å². The van der Waals surface area contributed by atoms with Crippen LogP contribution < -0.4 is 10.6 Å². The highest BCUT2D eigenvalue weighted by molar-refractivity contribution is 5.57. The molecule has 20 heavy (non-hydrogen) atoms. The van der Waals surface area contributed by atoms with Gasteiger partial charge in [0.1, 0.15) is 0 Å². The first kappa shape index (κ1) is 13.0. The predicted molar refractivity (Wildman–Crippen MR) is 86.0 cm³/mol. The minimum atomic E-state index is 0.900. The van der Waals surface area contributed by atoms with Crippen LogP contribution in [0.15, 0.2) is 42.5 Å². The summed E-state index contributed by atoms with van der Waals surface area (Å²) in [5, 5.41) is 0. The van der Waals surface area contributed by atoms with Gasteiger partial charge in [-0.15, -0.1) is 0 Å². The van der Waals surface area contributed by atoms with Crippen molar-refractivity contribution in [3.8, 4) is 0 Å². The number of benzene rings is 2. The topological polar surface area (TPSA) is 29.3 Å². The number of hydrogen-bond acceptors (Lipinski definition) is 2. The maximum atomic E-state index is 6.14. The van der Waals surface area contributed by atoms with Crippen molar-refractivity contribution in [1.29, 1.82) is 0 Å². The summed E-state index contributed by atoms with van der Waals surface area (Å²) in [5.74, 6) is 0. The number of aryl methyl sites for hydroxylation is 2. The molecule has 2 aromatic rings. The van der Waals surface area contributed by atoms with E-state index in [1.54, 1.807) is 0 Å². The lowest BCUT2D eigenvalue weighted by molar-refractivity contribution is 0.715. The Kier molecular flexibility index (Phi) is 3.64. The van der Waals surface area contributed by atoms with Gasteiger partial charge in [0, 0.05) is 24.5 Å². The van der Waals surface area contributed by atoms with Crippen molar-refractivity contribution in [3.63, 3.8) is 0 Å². The van der Waals surface area contributed by atoms with E-state index in [0.29, 0.717) is 0 Å². The standard InChI is InChI=1S/C18H22N2/c1-14-9-10-17(19)16(12-14)13-20-11-5-4-7-15-6-2-3-8-18(15)20/h2-3,6,8-10,12H,4-5,7,11,13,19H2,1H3. The van der Waals surface area contributed by atoms with Crippen molar-refractivity contribution >= 4 is 11.4 Å². The van der Waals surface area contributed by atoms with Crippen LogP contribution in [0.1, 0.15) is 29.5 Å². The van der Waals surface area contributed by atoms with Crippen LogP contribution in [0.5, 0.6) is 0 Å². The molecule has 0 spiro atoms. The average molecular weight is 266 g/mol. The maximum absolute atomic E-state index is 6.14. The third kappa shape index (κ3) is 2.64. The first-order chi connectivity index (χ1) is 9.74. The summed E-state index contributed by atoms with van der Waals surface area (Å²) in [6.07, 6.45) is 3.72. The summed E-state index contributed by atoms with van der Waals surface area (Å²) in [5.41, 5.74) is 12.4. The molecule has 104 valence electrons. The molecule has 3 rings (SSSR count). The van der Waals surface area contributed by atoms with Gasteiger partial charge in [-0.25, -0.2) is 0 Å². The number of nitrogens with zero attached hydrogens (tertiary/aromatic N) is 1. The molecule has 0 amide bonds. The average Bonchev–Trinajstić information content (AvgIpc) is 2.66. The minimum absolute atomic E-state index is 0.900. The van der Waals surface area contributed by atoms with Gasteiger partial charge >= 0.3 is 0 Å². The second kappa shape index (κ2) is 5.58. The van der Waals surface area contributed by atoms with E-state index in [1.165, 1.54) is 41.6 Å². The largest absolute Gasteiger partial charge is 0.398 e. The molecule has 1 aliphatic rings. The smallest absolute Gasteiger partial charge is 0.0450 e. The quantitative estimate of drug-likeness (QED) is 0.835. The Balaban J connectivity index is 1.92. The van der Waals surface area contributed by atoms with E-state index in [1.807, 2.05) is 6.07 Å². The highest BCUT2D eigenvalue weighted by Crippen LogP contribution is 2.28. The number of fused-ring (bicyclic) bond motifs is 1. The molecule has 2 N–H and O–H groups in total. The van der Waals surface area contributed by atoms with Crippen molar-refractivity contribution < 1.29 is 0 Å². The normalized spacial score (nSPS) is 14.8. The Bertz CT molecular complexity index is 604. The Hall–Kier alpha value is -1.96. The lowest BCUT2D eigenvalue weighted by Gasteiger charge is -2.26. The summed E-state index contributed by atoms with van der Waals surface area (Å²) in [6, 6.07) is 15.1. The minimum Gasteiger partial charge on any atom is -0.398 e. The van der Waals surface area contributed by atoms with E-state index < -0.39 is 0 Å². The van der Waals surface area contributed by atoms with E-state index in [2.05, 4.69) is 48.2 Å². The lowest BCUT2D eigenvalue weighted by atomic mass is 10.1. The second-order valence-electron chi connectivity index (χ2n) is 5.71. The van der Waals surface area contributed by atoms with Gasteiger partial charge in [0.2, 0.25) is 0 Å². The molecular formula is C18H22N2. The van der Waals surface area contributed by atoms with Crippen molar-refractivity contribution in [2.24, 2.45) is 0 Å². The van der Waals surface area contributed by atoms with Crippen LogP contribution in [-0.2, 0) is 13.0 Å². The fourth-order valence-corrected chi connectivity index (χ4v) is 3.01. The summed E-state index contributed by atoms with van der Waals surface area (Å²) in [7, 11) is 0. The first-order valence-electron chi connectivity index (χ1n) is 7.42.